The number of hydrogen-bond donors (Lipinski definition) is 1. The lowest BCUT2D eigenvalue weighted by Crippen LogP contribution is -2.27. The molecule has 1 unspecified atom stereocenters. The average Bonchev–Trinajstić information content (AvgIpc) is 2.53. The molecule has 1 fully saturated rings. The molecule has 1 aromatic carbocycles. The molecule has 0 radical (unpaired) electrons. The van der Waals surface area contributed by atoms with E-state index in [1.165, 1.54) is 0 Å². The lowest BCUT2D eigenvalue weighted by Gasteiger charge is -2.16. The van der Waals surface area contributed by atoms with Crippen LogP contribution in [0.15, 0.2) is 35.9 Å². The third-order valence-corrected chi connectivity index (χ3v) is 2.81. The Morgan fingerprint density at radius 2 is 2.00 bits per heavy atom. The minimum atomic E-state index is -1.18. The van der Waals surface area contributed by atoms with Crippen molar-refractivity contribution in [2.45, 2.75) is 19.4 Å². The Morgan fingerprint density at radius 3 is 2.50 bits per heavy atom. The van der Waals surface area contributed by atoms with Crippen molar-refractivity contribution >= 4 is 11.5 Å². The van der Waals surface area contributed by atoms with Gasteiger partial charge in [0.15, 0.2) is 0 Å². The molecule has 1 aromatic rings. The van der Waals surface area contributed by atoms with Gasteiger partial charge in [0.25, 0.3) is 0 Å². The van der Waals surface area contributed by atoms with Crippen LogP contribution in [0.4, 0.5) is 0 Å². The maximum absolute atomic E-state index is 11.6. The Balaban J connectivity index is 2.52. The summed E-state index contributed by atoms with van der Waals surface area (Å²) in [4.78, 5) is 11.6. The molecule has 1 saturated heterocycles. The quantitative estimate of drug-likeness (QED) is 0.577. The molecule has 1 aliphatic rings. The van der Waals surface area contributed by atoms with Gasteiger partial charge >= 0.3 is 5.97 Å². The first-order valence-corrected chi connectivity index (χ1v) is 5.18. The van der Waals surface area contributed by atoms with Crippen LogP contribution in [0.5, 0.6) is 0 Å². The first-order valence-electron chi connectivity index (χ1n) is 5.18. The molecule has 0 spiro atoms. The van der Waals surface area contributed by atoms with E-state index < -0.39 is 11.6 Å². The third kappa shape index (κ3) is 1.74. The minimum absolute atomic E-state index is 0.0331. The van der Waals surface area contributed by atoms with Crippen LogP contribution in [-0.2, 0) is 9.53 Å². The number of hydrogen-bond acceptors (Lipinski definition) is 3. The van der Waals surface area contributed by atoms with Crippen molar-refractivity contribution in [1.29, 1.82) is 0 Å². The average molecular weight is 218 g/mol. The Morgan fingerprint density at radius 1 is 1.38 bits per heavy atom. The standard InChI is InChI=1S/C13H14O3/c1-9(10-6-4-3-5-7-10)11-12(14)16-8-13(11,2)15/h3-7,15H,8H2,1-2H3/b11-9-. The molecule has 3 heteroatoms. The van der Waals surface area contributed by atoms with E-state index in [-0.39, 0.29) is 6.61 Å². The van der Waals surface area contributed by atoms with Crippen LogP contribution in [0.1, 0.15) is 19.4 Å². The second-order valence-electron chi connectivity index (χ2n) is 4.22. The molecule has 2 rings (SSSR count). The van der Waals surface area contributed by atoms with Gasteiger partial charge in [-0.15, -0.1) is 0 Å². The highest BCUT2D eigenvalue weighted by atomic mass is 16.6. The van der Waals surface area contributed by atoms with Gasteiger partial charge in [-0.25, -0.2) is 4.79 Å². The number of rotatable bonds is 1. The Labute approximate surface area is 94.4 Å². The summed E-state index contributed by atoms with van der Waals surface area (Å²) in [5, 5.41) is 10.1. The van der Waals surface area contributed by atoms with Crippen molar-refractivity contribution in [1.82, 2.24) is 0 Å². The first-order chi connectivity index (χ1) is 7.52. The fourth-order valence-electron chi connectivity index (χ4n) is 1.96. The number of esters is 1. The van der Waals surface area contributed by atoms with E-state index in [0.29, 0.717) is 5.57 Å². The molecular weight excluding hydrogens is 204 g/mol. The molecule has 84 valence electrons. The predicted molar refractivity (Wildman–Crippen MR) is 60.6 cm³/mol. The number of carbonyl (C=O) groups is 1. The normalized spacial score (nSPS) is 27.8. The second kappa shape index (κ2) is 3.76. The van der Waals surface area contributed by atoms with Crippen molar-refractivity contribution < 1.29 is 14.6 Å². The molecule has 0 aromatic heterocycles. The number of aliphatic hydroxyl groups is 1. The van der Waals surface area contributed by atoms with E-state index in [2.05, 4.69) is 0 Å². The minimum Gasteiger partial charge on any atom is -0.459 e. The molecule has 1 heterocycles. The van der Waals surface area contributed by atoms with Crippen molar-refractivity contribution in [3.05, 3.63) is 41.5 Å². The van der Waals surface area contributed by atoms with Gasteiger partial charge in [0.1, 0.15) is 12.2 Å². The molecule has 3 nitrogen and oxygen atoms in total. The van der Waals surface area contributed by atoms with Crippen molar-refractivity contribution in [2.75, 3.05) is 6.61 Å². The van der Waals surface area contributed by atoms with E-state index in [1.54, 1.807) is 6.92 Å². The largest absolute Gasteiger partial charge is 0.459 e. The number of carbonyl (C=O) groups excluding carboxylic acids is 1. The number of benzene rings is 1. The van der Waals surface area contributed by atoms with Crippen LogP contribution in [-0.4, -0.2) is 23.3 Å². The van der Waals surface area contributed by atoms with Crippen LogP contribution in [0.25, 0.3) is 5.57 Å². The fourth-order valence-corrected chi connectivity index (χ4v) is 1.96. The number of cyclic esters (lactones) is 1. The van der Waals surface area contributed by atoms with Crippen LogP contribution >= 0.6 is 0 Å². The van der Waals surface area contributed by atoms with Crippen molar-refractivity contribution in [3.8, 4) is 0 Å². The topological polar surface area (TPSA) is 46.5 Å². The molecular formula is C13H14O3. The summed E-state index contributed by atoms with van der Waals surface area (Å²) in [5.41, 5.74) is 0.875. The van der Waals surface area contributed by atoms with E-state index in [0.717, 1.165) is 11.1 Å². The van der Waals surface area contributed by atoms with Gasteiger partial charge in [0.05, 0.1) is 5.57 Å². The molecule has 0 bridgehead atoms. The maximum atomic E-state index is 11.6. The third-order valence-electron chi connectivity index (χ3n) is 2.81. The zero-order chi connectivity index (χ0) is 11.8. The van der Waals surface area contributed by atoms with Crippen LogP contribution in [0.2, 0.25) is 0 Å². The van der Waals surface area contributed by atoms with Crippen LogP contribution in [0.3, 0.4) is 0 Å². The highest BCUT2D eigenvalue weighted by Gasteiger charge is 2.41. The van der Waals surface area contributed by atoms with E-state index >= 15 is 0 Å². The lowest BCUT2D eigenvalue weighted by atomic mass is 9.91. The summed E-state index contributed by atoms with van der Waals surface area (Å²) in [7, 11) is 0. The molecule has 1 N–H and O–H groups in total. The van der Waals surface area contributed by atoms with Gasteiger partial charge in [-0.3, -0.25) is 0 Å². The SMILES string of the molecule is C/C(=C1\C(=O)OCC1(C)O)c1ccccc1. The summed E-state index contributed by atoms with van der Waals surface area (Å²) in [6.45, 7) is 3.46. The molecule has 1 aliphatic heterocycles. The van der Waals surface area contributed by atoms with Gasteiger partial charge in [-0.1, -0.05) is 30.3 Å². The van der Waals surface area contributed by atoms with Gasteiger partial charge in [-0.05, 0) is 25.0 Å². The maximum Gasteiger partial charge on any atom is 0.337 e. The lowest BCUT2D eigenvalue weighted by molar-refractivity contribution is -0.135. The first kappa shape index (κ1) is 10.9. The molecule has 1 atom stereocenters. The summed E-state index contributed by atoms with van der Waals surface area (Å²) >= 11 is 0. The highest BCUT2D eigenvalue weighted by molar-refractivity contribution is 6.01. The summed E-state index contributed by atoms with van der Waals surface area (Å²) in [5.74, 6) is -0.425. The van der Waals surface area contributed by atoms with E-state index in [1.807, 2.05) is 37.3 Å². The summed E-state index contributed by atoms with van der Waals surface area (Å²) in [6.07, 6.45) is 0. The van der Waals surface area contributed by atoms with Crippen molar-refractivity contribution in [2.24, 2.45) is 0 Å². The van der Waals surface area contributed by atoms with Gasteiger partial charge in [-0.2, -0.15) is 0 Å². The second-order valence-corrected chi connectivity index (χ2v) is 4.22. The van der Waals surface area contributed by atoms with Crippen LogP contribution in [0, 0.1) is 0 Å². The summed E-state index contributed by atoms with van der Waals surface area (Å²) < 4.78 is 4.88. The predicted octanol–water partition coefficient (Wildman–Crippen LogP) is 1.77. The molecule has 0 saturated carbocycles. The smallest absolute Gasteiger partial charge is 0.337 e. The van der Waals surface area contributed by atoms with Gasteiger partial charge in [0, 0.05) is 0 Å². The number of allylic oxidation sites excluding steroid dienone is 1. The van der Waals surface area contributed by atoms with Gasteiger partial charge in [0.2, 0.25) is 0 Å². The molecule has 16 heavy (non-hydrogen) atoms. The Hall–Kier alpha value is -1.61. The van der Waals surface area contributed by atoms with Gasteiger partial charge < -0.3 is 9.84 Å². The zero-order valence-electron chi connectivity index (χ0n) is 9.36. The fraction of sp³-hybridized carbons (Fsp3) is 0.308. The molecule has 0 aliphatic carbocycles. The van der Waals surface area contributed by atoms with Crippen LogP contribution < -0.4 is 0 Å². The Kier molecular flexibility index (Phi) is 2.56. The summed E-state index contributed by atoms with van der Waals surface area (Å²) in [6, 6.07) is 9.52. The van der Waals surface area contributed by atoms with E-state index in [4.69, 9.17) is 4.74 Å². The number of ether oxygens (including phenoxy) is 1. The monoisotopic (exact) mass is 218 g/mol. The van der Waals surface area contributed by atoms with Crippen molar-refractivity contribution in [3.63, 3.8) is 0 Å². The van der Waals surface area contributed by atoms with E-state index in [9.17, 15) is 9.90 Å². The molecule has 0 amide bonds. The zero-order valence-corrected chi connectivity index (χ0v) is 9.36. The highest BCUT2D eigenvalue weighted by Crippen LogP contribution is 2.32. The Bertz CT molecular complexity index is 444.